The predicted molar refractivity (Wildman–Crippen MR) is 117 cm³/mol. The van der Waals surface area contributed by atoms with Crippen molar-refractivity contribution in [2.45, 2.75) is 20.8 Å². The summed E-state index contributed by atoms with van der Waals surface area (Å²) in [4.78, 5) is 0. The zero-order valence-corrected chi connectivity index (χ0v) is 16.2. The number of hydrogen-bond donors (Lipinski definition) is 0. The van der Waals surface area contributed by atoms with E-state index in [1.54, 1.807) is 0 Å². The van der Waals surface area contributed by atoms with Gasteiger partial charge in [-0.25, -0.2) is 0 Å². The van der Waals surface area contributed by atoms with E-state index in [2.05, 4.69) is 112 Å². The normalized spacial score (nSPS) is 10.8. The maximum atomic E-state index is 2.35. The van der Waals surface area contributed by atoms with Crippen molar-refractivity contribution >= 4 is 0 Å². The van der Waals surface area contributed by atoms with Crippen molar-refractivity contribution in [2.24, 2.45) is 0 Å². The summed E-state index contributed by atoms with van der Waals surface area (Å²) in [6.45, 7) is 6.61. The molecule has 27 heavy (non-hydrogen) atoms. The molecule has 0 bridgehead atoms. The first kappa shape index (κ1) is 17.3. The quantitative estimate of drug-likeness (QED) is 0.357. The molecule has 0 aliphatic heterocycles. The van der Waals surface area contributed by atoms with Gasteiger partial charge in [0.05, 0.1) is 0 Å². The van der Waals surface area contributed by atoms with Crippen LogP contribution in [0, 0.1) is 20.8 Å². The molecule has 4 aromatic rings. The molecule has 0 N–H and O–H groups in total. The van der Waals surface area contributed by atoms with E-state index < -0.39 is 0 Å². The van der Waals surface area contributed by atoms with Crippen LogP contribution in [0.5, 0.6) is 0 Å². The third-order valence-electron chi connectivity index (χ3n) is 5.28. The second-order valence-electron chi connectivity index (χ2n) is 7.25. The Morgan fingerprint density at radius 3 is 1.70 bits per heavy atom. The fourth-order valence-corrected chi connectivity index (χ4v) is 3.73. The van der Waals surface area contributed by atoms with Crippen LogP contribution in [0.1, 0.15) is 16.7 Å². The summed E-state index contributed by atoms with van der Waals surface area (Å²) in [5, 5.41) is 0. The molecule has 0 fully saturated rings. The maximum Gasteiger partial charge on any atom is -0.0140 e. The molecule has 0 spiro atoms. The summed E-state index contributed by atoms with van der Waals surface area (Å²) in [5.41, 5.74) is 11.6. The van der Waals surface area contributed by atoms with Gasteiger partial charge in [0.1, 0.15) is 0 Å². The zero-order valence-electron chi connectivity index (χ0n) is 16.2. The molecule has 0 saturated heterocycles. The highest BCUT2D eigenvalue weighted by Crippen LogP contribution is 2.38. The molecule has 0 aliphatic rings. The largest absolute Gasteiger partial charge is 0.0622 e. The van der Waals surface area contributed by atoms with E-state index in [0.717, 1.165) is 0 Å². The van der Waals surface area contributed by atoms with E-state index in [-0.39, 0.29) is 0 Å². The Hall–Kier alpha value is -3.12. The number of hydrogen-bond acceptors (Lipinski definition) is 0. The Labute approximate surface area is 162 Å². The highest BCUT2D eigenvalue weighted by atomic mass is 14.2. The van der Waals surface area contributed by atoms with Crippen molar-refractivity contribution in [1.82, 2.24) is 0 Å². The minimum Gasteiger partial charge on any atom is -0.0622 e. The average molecular weight is 348 g/mol. The molecule has 0 radical (unpaired) electrons. The molecular formula is C27H24. The molecule has 0 amide bonds. The number of benzene rings is 4. The molecule has 0 nitrogen and oxygen atoms in total. The van der Waals surface area contributed by atoms with Gasteiger partial charge in [0.25, 0.3) is 0 Å². The van der Waals surface area contributed by atoms with Gasteiger partial charge in [-0.15, -0.1) is 0 Å². The first-order valence-electron chi connectivity index (χ1n) is 9.46. The monoisotopic (exact) mass is 348 g/mol. The second-order valence-corrected chi connectivity index (χ2v) is 7.25. The highest BCUT2D eigenvalue weighted by Gasteiger charge is 2.13. The molecule has 0 unspecified atom stereocenters. The third kappa shape index (κ3) is 3.44. The first-order valence-corrected chi connectivity index (χ1v) is 9.46. The lowest BCUT2D eigenvalue weighted by Gasteiger charge is -2.17. The fourth-order valence-electron chi connectivity index (χ4n) is 3.73. The standard InChI is InChI=1S/C27H24/c1-19-14-15-20(2)25(16-19)27-18-24(22-10-6-4-7-11-22)17-26(21(27)3)23-12-8-5-9-13-23/h4-18H,1-3H3. The van der Waals surface area contributed by atoms with E-state index in [4.69, 9.17) is 0 Å². The van der Waals surface area contributed by atoms with Gasteiger partial charge < -0.3 is 0 Å². The van der Waals surface area contributed by atoms with E-state index in [1.807, 2.05) is 0 Å². The minimum absolute atomic E-state index is 1.25. The first-order chi connectivity index (χ1) is 13.1. The van der Waals surface area contributed by atoms with Gasteiger partial charge in [0, 0.05) is 0 Å². The summed E-state index contributed by atoms with van der Waals surface area (Å²) >= 11 is 0. The van der Waals surface area contributed by atoms with Crippen molar-refractivity contribution in [3.63, 3.8) is 0 Å². The van der Waals surface area contributed by atoms with E-state index >= 15 is 0 Å². The van der Waals surface area contributed by atoms with Crippen LogP contribution in [-0.2, 0) is 0 Å². The van der Waals surface area contributed by atoms with Crippen molar-refractivity contribution in [1.29, 1.82) is 0 Å². The summed E-state index contributed by atoms with van der Waals surface area (Å²) in [6, 6.07) is 32.7. The molecule has 0 heteroatoms. The summed E-state index contributed by atoms with van der Waals surface area (Å²) in [5.74, 6) is 0. The van der Waals surface area contributed by atoms with Gasteiger partial charge in [-0.05, 0) is 77.4 Å². The van der Waals surface area contributed by atoms with Crippen molar-refractivity contribution in [3.05, 3.63) is 108 Å². The van der Waals surface area contributed by atoms with Gasteiger partial charge in [-0.2, -0.15) is 0 Å². The van der Waals surface area contributed by atoms with Gasteiger partial charge in [0.2, 0.25) is 0 Å². The molecule has 0 heterocycles. The predicted octanol–water partition coefficient (Wildman–Crippen LogP) is 7.61. The molecule has 4 rings (SSSR count). The van der Waals surface area contributed by atoms with Crippen LogP contribution in [0.25, 0.3) is 33.4 Å². The minimum atomic E-state index is 1.25. The van der Waals surface area contributed by atoms with Crippen molar-refractivity contribution in [2.75, 3.05) is 0 Å². The third-order valence-corrected chi connectivity index (χ3v) is 5.28. The Balaban J connectivity index is 2.02. The molecule has 0 aliphatic carbocycles. The summed E-state index contributed by atoms with van der Waals surface area (Å²) < 4.78 is 0. The van der Waals surface area contributed by atoms with Crippen LogP contribution >= 0.6 is 0 Å². The van der Waals surface area contributed by atoms with Crippen LogP contribution in [0.4, 0.5) is 0 Å². The summed E-state index contributed by atoms with van der Waals surface area (Å²) in [6.07, 6.45) is 0. The summed E-state index contributed by atoms with van der Waals surface area (Å²) in [7, 11) is 0. The number of rotatable bonds is 3. The lowest BCUT2D eigenvalue weighted by molar-refractivity contribution is 1.37. The van der Waals surface area contributed by atoms with Crippen LogP contribution < -0.4 is 0 Å². The van der Waals surface area contributed by atoms with Crippen LogP contribution in [-0.4, -0.2) is 0 Å². The smallest absolute Gasteiger partial charge is 0.0140 e. The van der Waals surface area contributed by atoms with Gasteiger partial charge in [0.15, 0.2) is 0 Å². The van der Waals surface area contributed by atoms with Crippen molar-refractivity contribution < 1.29 is 0 Å². The lowest BCUT2D eigenvalue weighted by Crippen LogP contribution is -1.93. The van der Waals surface area contributed by atoms with E-state index in [0.29, 0.717) is 0 Å². The van der Waals surface area contributed by atoms with Gasteiger partial charge in [-0.1, -0.05) is 84.4 Å². The Bertz CT molecular complexity index is 1070. The Kier molecular flexibility index (Phi) is 4.64. The second kappa shape index (κ2) is 7.25. The molecule has 132 valence electrons. The molecule has 0 aromatic heterocycles. The molecule has 4 aromatic carbocycles. The molecular weight excluding hydrogens is 324 g/mol. The van der Waals surface area contributed by atoms with Gasteiger partial charge in [-0.3, -0.25) is 0 Å². The Morgan fingerprint density at radius 1 is 0.444 bits per heavy atom. The SMILES string of the molecule is Cc1ccc(C)c(-c2cc(-c3ccccc3)cc(-c3ccccc3)c2C)c1. The van der Waals surface area contributed by atoms with Gasteiger partial charge >= 0.3 is 0 Å². The van der Waals surface area contributed by atoms with Crippen molar-refractivity contribution in [3.8, 4) is 33.4 Å². The molecule has 0 atom stereocenters. The fraction of sp³-hybridized carbons (Fsp3) is 0.111. The Morgan fingerprint density at radius 2 is 1.04 bits per heavy atom. The van der Waals surface area contributed by atoms with Crippen LogP contribution in [0.2, 0.25) is 0 Å². The molecule has 0 saturated carbocycles. The van der Waals surface area contributed by atoms with E-state index in [1.165, 1.54) is 50.1 Å². The van der Waals surface area contributed by atoms with E-state index in [9.17, 15) is 0 Å². The van der Waals surface area contributed by atoms with Crippen LogP contribution in [0.15, 0.2) is 91.0 Å². The lowest BCUT2D eigenvalue weighted by atomic mass is 9.87. The highest BCUT2D eigenvalue weighted by molar-refractivity contribution is 5.85. The maximum absolute atomic E-state index is 2.35. The number of aryl methyl sites for hydroxylation is 2. The van der Waals surface area contributed by atoms with Crippen LogP contribution in [0.3, 0.4) is 0 Å². The average Bonchev–Trinajstić information content (AvgIpc) is 2.71. The zero-order chi connectivity index (χ0) is 18.8. The topological polar surface area (TPSA) is 0 Å².